The Bertz CT molecular complexity index is 855. The molecule has 2 unspecified atom stereocenters. The number of ether oxygens (including phenoxy) is 1. The Morgan fingerprint density at radius 2 is 2.00 bits per heavy atom. The second-order valence-corrected chi connectivity index (χ2v) is 8.46. The zero-order valence-electron chi connectivity index (χ0n) is 15.6. The van der Waals surface area contributed by atoms with Crippen LogP contribution in [0.1, 0.15) is 18.1 Å². The molecule has 0 spiro atoms. The van der Waals surface area contributed by atoms with Crippen molar-refractivity contribution in [2.24, 2.45) is 0 Å². The van der Waals surface area contributed by atoms with E-state index >= 15 is 0 Å². The van der Waals surface area contributed by atoms with Crippen LogP contribution in [0.25, 0.3) is 0 Å². The first kappa shape index (κ1) is 18.7. The molecule has 1 aromatic rings. The van der Waals surface area contributed by atoms with Crippen LogP contribution in [-0.4, -0.2) is 39.7 Å². The number of benzene rings is 1. The Morgan fingerprint density at radius 3 is 2.62 bits per heavy atom. The summed E-state index contributed by atoms with van der Waals surface area (Å²) >= 11 is 0. The maximum absolute atomic E-state index is 12.9. The quantitative estimate of drug-likeness (QED) is 0.583. The summed E-state index contributed by atoms with van der Waals surface area (Å²) in [6, 6.07) is 5.51. The number of hydrogen-bond acceptors (Lipinski definition) is 6. The highest BCUT2D eigenvalue weighted by molar-refractivity contribution is 7.52. The van der Waals surface area contributed by atoms with Gasteiger partial charge in [0.1, 0.15) is 25.4 Å². The maximum Gasteiger partial charge on any atom is 0.248 e. The summed E-state index contributed by atoms with van der Waals surface area (Å²) in [7, 11) is 3.47. The van der Waals surface area contributed by atoms with Crippen LogP contribution >= 0.6 is 7.60 Å². The molecule has 0 saturated carbocycles. The van der Waals surface area contributed by atoms with E-state index < -0.39 is 13.3 Å². The Hall–Kier alpha value is -2.10. The van der Waals surface area contributed by atoms with Crippen molar-refractivity contribution in [2.45, 2.75) is 12.6 Å². The minimum absolute atomic E-state index is 0.0916. The van der Waals surface area contributed by atoms with E-state index in [1.807, 2.05) is 56.2 Å². The van der Waals surface area contributed by atoms with Crippen molar-refractivity contribution in [1.82, 2.24) is 4.90 Å². The molecule has 26 heavy (non-hydrogen) atoms. The maximum atomic E-state index is 12.9. The third-order valence-corrected chi connectivity index (χ3v) is 6.15. The predicted molar refractivity (Wildman–Crippen MR) is 100.0 cm³/mol. The van der Waals surface area contributed by atoms with Gasteiger partial charge < -0.3 is 28.5 Å². The summed E-state index contributed by atoms with van der Waals surface area (Å²) < 4.78 is 24.1. The molecule has 0 fully saturated rings. The van der Waals surface area contributed by atoms with Gasteiger partial charge in [-0.2, -0.15) is 0 Å². The molecule has 0 saturated heterocycles. The Balaban J connectivity index is 2.17. The first-order valence-electron chi connectivity index (χ1n) is 8.42. The molecule has 138 valence electrons. The zero-order chi connectivity index (χ0) is 19.1. The van der Waals surface area contributed by atoms with Gasteiger partial charge in [0, 0.05) is 45.5 Å². The van der Waals surface area contributed by atoms with Gasteiger partial charge >= 0.3 is 0 Å². The topological polar surface area (TPSA) is 65.1 Å². The van der Waals surface area contributed by atoms with Crippen molar-refractivity contribution < 1.29 is 18.7 Å². The van der Waals surface area contributed by atoms with E-state index in [-0.39, 0.29) is 6.61 Å². The average molecular weight is 374 g/mol. The summed E-state index contributed by atoms with van der Waals surface area (Å²) in [4.78, 5) is 16.7. The molecule has 1 heterocycles. The molecule has 7 heteroatoms. The van der Waals surface area contributed by atoms with Crippen molar-refractivity contribution >= 4 is 13.3 Å². The lowest BCUT2D eigenvalue weighted by Gasteiger charge is -2.34. The Labute approximate surface area is 154 Å². The molecule has 0 bridgehead atoms. The van der Waals surface area contributed by atoms with Crippen LogP contribution < -0.4 is 14.5 Å². The van der Waals surface area contributed by atoms with E-state index in [4.69, 9.17) is 9.26 Å². The minimum Gasteiger partial charge on any atom is -0.778 e. The molecule has 3 rings (SSSR count). The van der Waals surface area contributed by atoms with Gasteiger partial charge in [0.15, 0.2) is 17.0 Å². The smallest absolute Gasteiger partial charge is 0.248 e. The number of hydrogen-bond donors (Lipinski definition) is 0. The molecule has 2 aliphatic rings. The molecule has 2 atom stereocenters. The fraction of sp³-hybridized carbons (Fsp3) is 0.368. The third-order valence-electron chi connectivity index (χ3n) is 4.36. The molecule has 0 amide bonds. The van der Waals surface area contributed by atoms with Crippen molar-refractivity contribution in [3.05, 3.63) is 59.0 Å². The monoisotopic (exact) mass is 374 g/mol. The lowest BCUT2D eigenvalue weighted by molar-refractivity contribution is -0.200. The Kier molecular flexibility index (Phi) is 4.96. The molecular formula is C19H23N2O4P. The van der Waals surface area contributed by atoms with Crippen molar-refractivity contribution in [3.8, 4) is 5.75 Å². The van der Waals surface area contributed by atoms with E-state index in [1.54, 1.807) is 19.1 Å². The largest absolute Gasteiger partial charge is 0.778 e. The summed E-state index contributed by atoms with van der Waals surface area (Å²) in [5.74, 6) is 1.01. The van der Waals surface area contributed by atoms with E-state index in [9.17, 15) is 9.46 Å². The van der Waals surface area contributed by atoms with Crippen LogP contribution in [0.4, 0.5) is 5.69 Å². The van der Waals surface area contributed by atoms with Gasteiger partial charge in [-0.15, -0.1) is 0 Å². The van der Waals surface area contributed by atoms with Gasteiger partial charge in [-0.1, -0.05) is 6.07 Å². The molecule has 1 aliphatic carbocycles. The zero-order valence-corrected chi connectivity index (χ0v) is 16.5. The average Bonchev–Trinajstić information content (AvgIpc) is 2.58. The standard InChI is InChI=1S/C19H23N2O4P/c1-6-24-26(22,23)19-15-9-7-13(20(2)3)11-17(15)25-18-12-14(21(4)5)8-10-16(18)19/h7-9,11-12,19H,6H2,1-5H3. The number of likely N-dealkylation sites (N-methyl/N-ethyl adjacent to an activating group) is 1. The number of fused-ring (bicyclic) bond motifs is 1. The summed E-state index contributed by atoms with van der Waals surface area (Å²) in [6.45, 7) is 1.76. The Morgan fingerprint density at radius 1 is 1.27 bits per heavy atom. The lowest BCUT2D eigenvalue weighted by Crippen LogP contribution is -2.23. The highest BCUT2D eigenvalue weighted by atomic mass is 31.2. The van der Waals surface area contributed by atoms with Gasteiger partial charge in [-0.3, -0.25) is 0 Å². The first-order chi connectivity index (χ1) is 12.2. The fourth-order valence-corrected chi connectivity index (χ4v) is 4.59. The van der Waals surface area contributed by atoms with Crippen LogP contribution in [0.15, 0.2) is 47.4 Å². The van der Waals surface area contributed by atoms with Crippen LogP contribution in [-0.2, 0) is 9.09 Å². The SMILES string of the molecule is CCOP(=O)([O-])C1C2=C(C=C(N(C)C)C=[C+]2)Oc2cc(N(C)C)ccc21. The summed E-state index contributed by atoms with van der Waals surface area (Å²) in [5.41, 5.74) is 1.92. The minimum atomic E-state index is -4.20. The molecule has 0 radical (unpaired) electrons. The number of anilines is 1. The fourth-order valence-electron chi connectivity index (χ4n) is 3.01. The second kappa shape index (κ2) is 6.90. The lowest BCUT2D eigenvalue weighted by atomic mass is 9.96. The van der Waals surface area contributed by atoms with E-state index in [0.717, 1.165) is 11.4 Å². The first-order valence-corrected chi connectivity index (χ1v) is 10.0. The van der Waals surface area contributed by atoms with Crippen LogP contribution in [0.3, 0.4) is 0 Å². The van der Waals surface area contributed by atoms with Crippen molar-refractivity contribution in [2.75, 3.05) is 39.7 Å². The highest BCUT2D eigenvalue weighted by Crippen LogP contribution is 2.61. The second-order valence-electron chi connectivity index (χ2n) is 6.61. The summed E-state index contributed by atoms with van der Waals surface area (Å²) in [5, 5.41) is 0. The van der Waals surface area contributed by atoms with Crippen molar-refractivity contribution in [3.63, 3.8) is 0 Å². The van der Waals surface area contributed by atoms with Crippen molar-refractivity contribution in [1.29, 1.82) is 0 Å². The third kappa shape index (κ3) is 3.29. The van der Waals surface area contributed by atoms with Crippen LogP contribution in [0.2, 0.25) is 0 Å². The number of rotatable bonds is 5. The summed E-state index contributed by atoms with van der Waals surface area (Å²) in [6.07, 6.45) is 6.70. The molecule has 1 aliphatic heterocycles. The number of nitrogens with zero attached hydrogens (tertiary/aromatic N) is 2. The predicted octanol–water partition coefficient (Wildman–Crippen LogP) is 2.85. The van der Waals surface area contributed by atoms with Gasteiger partial charge in [0.2, 0.25) is 5.76 Å². The van der Waals surface area contributed by atoms with Gasteiger partial charge in [-0.25, -0.2) is 0 Å². The van der Waals surface area contributed by atoms with E-state index in [0.29, 0.717) is 22.6 Å². The number of allylic oxidation sites excluding steroid dienone is 4. The van der Waals surface area contributed by atoms with Gasteiger partial charge in [-0.05, 0) is 13.0 Å². The molecule has 6 nitrogen and oxygen atoms in total. The molecule has 1 aromatic carbocycles. The molecule has 0 aromatic heterocycles. The van der Waals surface area contributed by atoms with Crippen LogP contribution in [0, 0.1) is 6.08 Å². The van der Waals surface area contributed by atoms with E-state index in [2.05, 4.69) is 6.08 Å². The van der Waals surface area contributed by atoms with Gasteiger partial charge in [0.25, 0.3) is 0 Å². The highest BCUT2D eigenvalue weighted by Gasteiger charge is 2.42. The van der Waals surface area contributed by atoms with Crippen LogP contribution in [0.5, 0.6) is 5.75 Å². The van der Waals surface area contributed by atoms with Gasteiger partial charge in [0.05, 0.1) is 12.7 Å². The molecular weight excluding hydrogens is 351 g/mol. The molecule has 0 N–H and O–H groups in total. The van der Waals surface area contributed by atoms with E-state index in [1.165, 1.54) is 0 Å². The normalized spacial score (nSPS) is 20.2.